The fraction of sp³-hybridized carbons (Fsp3) is 0.964. The van der Waals surface area contributed by atoms with E-state index in [0.29, 0.717) is 0 Å². The maximum Gasteiger partial charge on any atom is 0.169 e. The number of nitrogens with zero attached hydrogens (tertiary/aromatic N) is 2. The highest BCUT2D eigenvalue weighted by atomic mass is 32.1. The van der Waals surface area contributed by atoms with Gasteiger partial charge in [-0.25, -0.2) is 0 Å². The van der Waals surface area contributed by atoms with Gasteiger partial charge < -0.3 is 10.2 Å². The van der Waals surface area contributed by atoms with Crippen molar-refractivity contribution in [2.45, 2.75) is 112 Å². The van der Waals surface area contributed by atoms with E-state index in [4.69, 9.17) is 12.2 Å². The molecule has 3 nitrogen and oxygen atoms in total. The van der Waals surface area contributed by atoms with Crippen LogP contribution in [0.25, 0.3) is 0 Å². The van der Waals surface area contributed by atoms with E-state index in [0.717, 1.165) is 67.9 Å². The number of hydrogen-bond donors (Lipinski definition) is 1. The minimum absolute atomic E-state index is 0.855. The van der Waals surface area contributed by atoms with Crippen LogP contribution in [0.4, 0.5) is 0 Å². The largest absolute Gasteiger partial charge is 0.363 e. The lowest BCUT2D eigenvalue weighted by Crippen LogP contribution is -2.51. The summed E-state index contributed by atoms with van der Waals surface area (Å²) in [5.74, 6) is 3.55. The molecule has 1 fully saturated rings. The van der Waals surface area contributed by atoms with Crippen LogP contribution in [0.3, 0.4) is 0 Å². The van der Waals surface area contributed by atoms with Gasteiger partial charge in [0.1, 0.15) is 0 Å². The number of thiocarbonyl (C=S) groups is 1. The molecule has 0 aliphatic carbocycles. The fourth-order valence-electron chi connectivity index (χ4n) is 4.86. The van der Waals surface area contributed by atoms with E-state index in [1.54, 1.807) is 0 Å². The Morgan fingerprint density at radius 3 is 1.66 bits per heavy atom. The Balaban J connectivity index is 2.02. The summed E-state index contributed by atoms with van der Waals surface area (Å²) in [6.45, 7) is 21.0. The third kappa shape index (κ3) is 14.7. The Morgan fingerprint density at radius 2 is 1.19 bits per heavy atom. The Kier molecular flexibility index (Phi) is 16.7. The molecule has 0 saturated carbocycles. The van der Waals surface area contributed by atoms with Gasteiger partial charge in [-0.2, -0.15) is 0 Å². The minimum atomic E-state index is 0.855. The van der Waals surface area contributed by atoms with Crippen molar-refractivity contribution >= 4 is 17.3 Å². The van der Waals surface area contributed by atoms with Crippen molar-refractivity contribution in [2.75, 3.05) is 39.3 Å². The van der Waals surface area contributed by atoms with Crippen LogP contribution in [0.15, 0.2) is 0 Å². The molecule has 0 aromatic carbocycles. The van der Waals surface area contributed by atoms with Crippen molar-refractivity contribution in [3.05, 3.63) is 0 Å². The summed E-state index contributed by atoms with van der Waals surface area (Å²) >= 11 is 5.51. The highest BCUT2D eigenvalue weighted by molar-refractivity contribution is 7.80. The molecule has 0 amide bonds. The van der Waals surface area contributed by atoms with Gasteiger partial charge >= 0.3 is 0 Å². The lowest BCUT2D eigenvalue weighted by molar-refractivity contribution is 0.171. The lowest BCUT2D eigenvalue weighted by atomic mass is 9.90. The summed E-state index contributed by atoms with van der Waals surface area (Å²) in [6.07, 6.45) is 15.3. The number of piperazine rings is 1. The summed E-state index contributed by atoms with van der Waals surface area (Å²) < 4.78 is 0. The first-order chi connectivity index (χ1) is 15.3. The second kappa shape index (κ2) is 18.0. The quantitative estimate of drug-likeness (QED) is 0.225. The first kappa shape index (κ1) is 29.7. The summed E-state index contributed by atoms with van der Waals surface area (Å²) in [7, 11) is 0. The Labute approximate surface area is 207 Å². The number of nitrogens with one attached hydrogen (secondary N) is 1. The molecular weight excluding hydrogens is 410 g/mol. The molecule has 1 rings (SSSR count). The van der Waals surface area contributed by atoms with Crippen molar-refractivity contribution in [3.63, 3.8) is 0 Å². The van der Waals surface area contributed by atoms with Gasteiger partial charge in [-0.1, -0.05) is 99.3 Å². The summed E-state index contributed by atoms with van der Waals surface area (Å²) in [5, 5.41) is 4.32. The van der Waals surface area contributed by atoms with Crippen LogP contribution in [-0.4, -0.2) is 54.2 Å². The van der Waals surface area contributed by atoms with Gasteiger partial charge in [-0.05, 0) is 55.3 Å². The summed E-state index contributed by atoms with van der Waals surface area (Å²) in [4.78, 5) is 4.99. The highest BCUT2D eigenvalue weighted by Gasteiger charge is 2.19. The molecule has 0 aromatic heterocycles. The van der Waals surface area contributed by atoms with Crippen LogP contribution >= 0.6 is 12.2 Å². The second-order valence-corrected chi connectivity index (χ2v) is 11.7. The first-order valence-corrected chi connectivity index (χ1v) is 14.5. The van der Waals surface area contributed by atoms with E-state index in [2.05, 4.69) is 56.7 Å². The minimum Gasteiger partial charge on any atom is -0.363 e. The third-order valence-electron chi connectivity index (χ3n) is 7.39. The molecule has 1 saturated heterocycles. The van der Waals surface area contributed by atoms with Gasteiger partial charge in [0, 0.05) is 32.7 Å². The SMILES string of the molecule is CCCNC(=S)N1CCN(CCC(C)CCCC(C)CCCC(C)CCCC(C)C)CC1. The molecule has 3 atom stereocenters. The van der Waals surface area contributed by atoms with E-state index in [1.807, 2.05) is 0 Å². The van der Waals surface area contributed by atoms with Gasteiger partial charge in [0.05, 0.1) is 0 Å². The molecule has 32 heavy (non-hydrogen) atoms. The molecule has 3 unspecified atom stereocenters. The maximum absolute atomic E-state index is 5.51. The van der Waals surface area contributed by atoms with E-state index >= 15 is 0 Å². The van der Waals surface area contributed by atoms with E-state index in [9.17, 15) is 0 Å². The van der Waals surface area contributed by atoms with Gasteiger partial charge in [-0.3, -0.25) is 4.90 Å². The topological polar surface area (TPSA) is 18.5 Å². The zero-order valence-corrected chi connectivity index (χ0v) is 23.4. The average molecular weight is 468 g/mol. The molecule has 1 aliphatic heterocycles. The van der Waals surface area contributed by atoms with Crippen molar-refractivity contribution in [3.8, 4) is 0 Å². The van der Waals surface area contributed by atoms with Crippen LogP contribution in [0.1, 0.15) is 112 Å². The second-order valence-electron chi connectivity index (χ2n) is 11.4. The third-order valence-corrected chi connectivity index (χ3v) is 7.79. The normalized spacial score (nSPS) is 18.0. The zero-order chi connectivity index (χ0) is 23.8. The van der Waals surface area contributed by atoms with Gasteiger partial charge in [-0.15, -0.1) is 0 Å². The Hall–Kier alpha value is -0.350. The molecule has 0 aromatic rings. The number of hydrogen-bond acceptors (Lipinski definition) is 2. The Morgan fingerprint density at radius 1 is 0.719 bits per heavy atom. The zero-order valence-electron chi connectivity index (χ0n) is 22.6. The molecule has 1 heterocycles. The van der Waals surface area contributed by atoms with Crippen molar-refractivity contribution < 1.29 is 0 Å². The molecule has 0 bridgehead atoms. The van der Waals surface area contributed by atoms with Crippen LogP contribution in [0.5, 0.6) is 0 Å². The average Bonchev–Trinajstić information content (AvgIpc) is 2.76. The van der Waals surface area contributed by atoms with Gasteiger partial charge in [0.25, 0.3) is 0 Å². The van der Waals surface area contributed by atoms with Crippen molar-refractivity contribution in [1.29, 1.82) is 0 Å². The maximum atomic E-state index is 5.51. The Bertz CT molecular complexity index is 460. The van der Waals surface area contributed by atoms with Crippen molar-refractivity contribution in [2.24, 2.45) is 23.7 Å². The van der Waals surface area contributed by atoms with Gasteiger partial charge in [0.15, 0.2) is 5.11 Å². The smallest absolute Gasteiger partial charge is 0.169 e. The lowest BCUT2D eigenvalue weighted by Gasteiger charge is -2.36. The highest BCUT2D eigenvalue weighted by Crippen LogP contribution is 2.22. The molecular formula is C28H57N3S. The van der Waals surface area contributed by atoms with Crippen LogP contribution in [0.2, 0.25) is 0 Å². The van der Waals surface area contributed by atoms with E-state index in [1.165, 1.54) is 70.8 Å². The molecule has 190 valence electrons. The number of rotatable bonds is 17. The van der Waals surface area contributed by atoms with Gasteiger partial charge in [0.2, 0.25) is 0 Å². The molecule has 1 aliphatic rings. The predicted molar refractivity (Wildman–Crippen MR) is 147 cm³/mol. The monoisotopic (exact) mass is 467 g/mol. The molecule has 0 radical (unpaired) electrons. The molecule has 4 heteroatoms. The van der Waals surface area contributed by atoms with Crippen molar-refractivity contribution in [1.82, 2.24) is 15.1 Å². The fourth-order valence-corrected chi connectivity index (χ4v) is 5.14. The predicted octanol–water partition coefficient (Wildman–Crippen LogP) is 7.35. The van der Waals surface area contributed by atoms with Crippen LogP contribution < -0.4 is 5.32 Å². The van der Waals surface area contributed by atoms with E-state index in [-0.39, 0.29) is 0 Å². The van der Waals surface area contributed by atoms with Crippen LogP contribution in [0, 0.1) is 23.7 Å². The van der Waals surface area contributed by atoms with E-state index < -0.39 is 0 Å². The summed E-state index contributed by atoms with van der Waals surface area (Å²) in [5.41, 5.74) is 0. The first-order valence-electron chi connectivity index (χ1n) is 14.1. The molecule has 1 N–H and O–H groups in total. The van der Waals surface area contributed by atoms with Crippen LogP contribution in [-0.2, 0) is 0 Å². The summed E-state index contributed by atoms with van der Waals surface area (Å²) in [6, 6.07) is 0. The standard InChI is InChI=1S/C28H57N3S/c1-7-18-29-28(32)31-22-20-30(21-23-31)19-17-27(6)16-10-15-26(5)14-9-13-25(4)12-8-11-24(2)3/h24-27H,7-23H2,1-6H3,(H,29,32). The molecule has 0 spiro atoms.